The first-order valence-corrected chi connectivity index (χ1v) is 7.03. The lowest BCUT2D eigenvalue weighted by atomic mass is 9.90. The van der Waals surface area contributed by atoms with Gasteiger partial charge < -0.3 is 9.84 Å². The minimum atomic E-state index is -2.14. The van der Waals surface area contributed by atoms with Gasteiger partial charge in [-0.1, -0.05) is 30.3 Å². The van der Waals surface area contributed by atoms with Crippen molar-refractivity contribution < 1.29 is 27.8 Å². The summed E-state index contributed by atoms with van der Waals surface area (Å²) in [5.41, 5.74) is -0.155. The lowest BCUT2D eigenvalue weighted by Gasteiger charge is -2.27. The van der Waals surface area contributed by atoms with E-state index in [0.29, 0.717) is 17.7 Å². The SMILES string of the molecule is C/C(=C(/c1ccccc1)C(C)(O)OC=O)c1c(F)cc(F)cc1F. The summed E-state index contributed by atoms with van der Waals surface area (Å²) < 4.78 is 46.0. The van der Waals surface area contributed by atoms with Gasteiger partial charge in [0, 0.05) is 30.2 Å². The second-order valence-corrected chi connectivity index (χ2v) is 5.31. The molecule has 0 heterocycles. The van der Waals surface area contributed by atoms with Crippen molar-refractivity contribution in [1.29, 1.82) is 0 Å². The van der Waals surface area contributed by atoms with E-state index in [1.165, 1.54) is 13.8 Å². The molecule has 2 aromatic carbocycles. The van der Waals surface area contributed by atoms with E-state index in [1.54, 1.807) is 30.3 Å². The highest BCUT2D eigenvalue weighted by molar-refractivity contribution is 5.93. The molecular weight excluding hydrogens is 321 g/mol. The average Bonchev–Trinajstić information content (AvgIpc) is 2.46. The molecule has 0 saturated carbocycles. The fourth-order valence-corrected chi connectivity index (χ4v) is 2.62. The Labute approximate surface area is 137 Å². The van der Waals surface area contributed by atoms with Gasteiger partial charge in [-0.25, -0.2) is 13.2 Å². The minimum absolute atomic E-state index is 0.0143. The quantitative estimate of drug-likeness (QED) is 0.511. The third-order valence-corrected chi connectivity index (χ3v) is 3.56. The van der Waals surface area contributed by atoms with E-state index in [1.807, 2.05) is 0 Å². The zero-order valence-corrected chi connectivity index (χ0v) is 13.0. The van der Waals surface area contributed by atoms with Crippen LogP contribution in [0.3, 0.4) is 0 Å². The Morgan fingerprint density at radius 3 is 2.17 bits per heavy atom. The van der Waals surface area contributed by atoms with Crippen molar-refractivity contribution in [3.8, 4) is 0 Å². The molecular formula is C18H15F3O3. The lowest BCUT2D eigenvalue weighted by Crippen LogP contribution is -2.30. The van der Waals surface area contributed by atoms with Crippen LogP contribution < -0.4 is 0 Å². The van der Waals surface area contributed by atoms with E-state index in [0.717, 1.165) is 0 Å². The molecule has 6 heteroatoms. The first-order chi connectivity index (χ1) is 11.3. The molecule has 126 valence electrons. The van der Waals surface area contributed by atoms with Gasteiger partial charge in [0.2, 0.25) is 5.79 Å². The summed E-state index contributed by atoms with van der Waals surface area (Å²) in [6, 6.07) is 9.26. The Hall–Kier alpha value is -2.60. The number of aliphatic hydroxyl groups is 1. The highest BCUT2D eigenvalue weighted by atomic mass is 19.1. The number of carbonyl (C=O) groups is 1. The van der Waals surface area contributed by atoms with E-state index in [-0.39, 0.29) is 17.6 Å². The summed E-state index contributed by atoms with van der Waals surface area (Å²) >= 11 is 0. The number of halogens is 3. The largest absolute Gasteiger partial charge is 0.431 e. The van der Waals surface area contributed by atoms with Crippen molar-refractivity contribution >= 4 is 17.6 Å². The fraction of sp³-hybridized carbons (Fsp3) is 0.167. The zero-order valence-electron chi connectivity index (χ0n) is 13.0. The van der Waals surface area contributed by atoms with Gasteiger partial charge >= 0.3 is 0 Å². The highest BCUT2D eigenvalue weighted by Crippen LogP contribution is 2.37. The number of rotatable bonds is 5. The Bertz CT molecular complexity index is 760. The van der Waals surface area contributed by atoms with Crippen LogP contribution in [0.1, 0.15) is 25.0 Å². The van der Waals surface area contributed by atoms with Crippen LogP contribution >= 0.6 is 0 Å². The maximum absolute atomic E-state index is 14.1. The van der Waals surface area contributed by atoms with E-state index in [4.69, 9.17) is 4.74 Å². The molecule has 24 heavy (non-hydrogen) atoms. The molecule has 0 aliphatic carbocycles. The predicted molar refractivity (Wildman–Crippen MR) is 83.0 cm³/mol. The third kappa shape index (κ3) is 3.49. The number of carbonyl (C=O) groups excluding carboxylic acids is 1. The number of hydrogen-bond acceptors (Lipinski definition) is 3. The molecule has 1 atom stereocenters. The smallest absolute Gasteiger partial charge is 0.295 e. The molecule has 0 saturated heterocycles. The summed E-state index contributed by atoms with van der Waals surface area (Å²) in [6.45, 7) is 2.56. The maximum Gasteiger partial charge on any atom is 0.295 e. The van der Waals surface area contributed by atoms with Crippen molar-refractivity contribution in [2.45, 2.75) is 19.6 Å². The van der Waals surface area contributed by atoms with Gasteiger partial charge in [-0.05, 0) is 18.1 Å². The minimum Gasteiger partial charge on any atom is -0.431 e. The zero-order chi connectivity index (χ0) is 17.9. The molecule has 0 spiro atoms. The Morgan fingerprint density at radius 2 is 1.67 bits per heavy atom. The molecule has 0 fully saturated rings. The van der Waals surface area contributed by atoms with E-state index in [9.17, 15) is 23.1 Å². The number of allylic oxidation sites excluding steroid dienone is 1. The number of ether oxygens (including phenoxy) is 1. The fourth-order valence-electron chi connectivity index (χ4n) is 2.62. The highest BCUT2D eigenvalue weighted by Gasteiger charge is 2.32. The van der Waals surface area contributed by atoms with Crippen LogP contribution in [0.4, 0.5) is 13.2 Å². The van der Waals surface area contributed by atoms with Crippen molar-refractivity contribution in [3.05, 3.63) is 71.0 Å². The van der Waals surface area contributed by atoms with Crippen LogP contribution in [-0.2, 0) is 9.53 Å². The van der Waals surface area contributed by atoms with Gasteiger partial charge in [0.25, 0.3) is 6.47 Å². The van der Waals surface area contributed by atoms with E-state index >= 15 is 0 Å². The topological polar surface area (TPSA) is 46.5 Å². The lowest BCUT2D eigenvalue weighted by molar-refractivity contribution is -0.165. The molecule has 2 aromatic rings. The molecule has 3 nitrogen and oxygen atoms in total. The summed E-state index contributed by atoms with van der Waals surface area (Å²) in [5.74, 6) is -5.44. The first kappa shape index (κ1) is 17.7. The van der Waals surface area contributed by atoms with Crippen LogP contribution in [0.25, 0.3) is 11.1 Å². The summed E-state index contributed by atoms with van der Waals surface area (Å²) in [6.07, 6.45) is 0. The second-order valence-electron chi connectivity index (χ2n) is 5.31. The van der Waals surface area contributed by atoms with Crippen molar-refractivity contribution in [2.75, 3.05) is 0 Å². The molecule has 0 aliphatic rings. The van der Waals surface area contributed by atoms with E-state index < -0.39 is 28.8 Å². The summed E-state index contributed by atoms with van der Waals surface area (Å²) in [4.78, 5) is 10.7. The molecule has 0 radical (unpaired) electrons. The number of hydrogen-bond donors (Lipinski definition) is 1. The summed E-state index contributed by atoms with van der Waals surface area (Å²) in [5, 5.41) is 10.5. The van der Waals surface area contributed by atoms with Crippen LogP contribution in [-0.4, -0.2) is 17.4 Å². The number of benzene rings is 2. The standard InChI is InChI=1S/C18H15F3O3/c1-11(16-14(20)8-13(19)9-15(16)21)17(18(2,23)24-10-22)12-6-4-3-5-7-12/h3-10,23H,1-2H3/b17-11+. The van der Waals surface area contributed by atoms with Gasteiger partial charge in [-0.2, -0.15) is 0 Å². The van der Waals surface area contributed by atoms with Gasteiger partial charge in [-0.15, -0.1) is 0 Å². The van der Waals surface area contributed by atoms with Crippen LogP contribution in [0.5, 0.6) is 0 Å². The van der Waals surface area contributed by atoms with Crippen LogP contribution in [0, 0.1) is 17.5 Å². The predicted octanol–water partition coefficient (Wildman–Crippen LogP) is 3.92. The monoisotopic (exact) mass is 336 g/mol. The Balaban J connectivity index is 2.79. The maximum atomic E-state index is 14.1. The first-order valence-electron chi connectivity index (χ1n) is 7.03. The van der Waals surface area contributed by atoms with Crippen molar-refractivity contribution in [2.24, 2.45) is 0 Å². The van der Waals surface area contributed by atoms with Crippen LogP contribution in [0.2, 0.25) is 0 Å². The van der Waals surface area contributed by atoms with Gasteiger partial charge in [0.1, 0.15) is 17.5 Å². The van der Waals surface area contributed by atoms with Crippen LogP contribution in [0.15, 0.2) is 42.5 Å². The Kier molecular flexibility index (Phi) is 5.09. The summed E-state index contributed by atoms with van der Waals surface area (Å²) in [7, 11) is 0. The molecule has 0 aromatic heterocycles. The molecule has 0 amide bonds. The molecule has 1 unspecified atom stereocenters. The van der Waals surface area contributed by atoms with Gasteiger partial charge in [-0.3, -0.25) is 4.79 Å². The molecule has 2 rings (SSSR count). The molecule has 1 N–H and O–H groups in total. The average molecular weight is 336 g/mol. The molecule has 0 aliphatic heterocycles. The van der Waals surface area contributed by atoms with E-state index in [2.05, 4.69) is 0 Å². The van der Waals surface area contributed by atoms with Gasteiger partial charge in [0.15, 0.2) is 0 Å². The van der Waals surface area contributed by atoms with Crippen molar-refractivity contribution in [3.63, 3.8) is 0 Å². The third-order valence-electron chi connectivity index (χ3n) is 3.56. The molecule has 0 bridgehead atoms. The van der Waals surface area contributed by atoms with Gasteiger partial charge in [0.05, 0.1) is 0 Å². The van der Waals surface area contributed by atoms with Crippen molar-refractivity contribution in [1.82, 2.24) is 0 Å². The Morgan fingerprint density at radius 1 is 1.12 bits per heavy atom. The normalized spacial score (nSPS) is 14.6. The second kappa shape index (κ2) is 6.88.